The van der Waals surface area contributed by atoms with E-state index in [-0.39, 0.29) is 12.3 Å². The lowest BCUT2D eigenvalue weighted by molar-refractivity contribution is -0.149. The smallest absolute Gasteiger partial charge is 0.372 e. The fourth-order valence-corrected chi connectivity index (χ4v) is 0.915. The van der Waals surface area contributed by atoms with Crippen LogP contribution in [0.3, 0.4) is 0 Å². The van der Waals surface area contributed by atoms with Crippen LogP contribution in [-0.2, 0) is 9.59 Å². The van der Waals surface area contributed by atoms with Gasteiger partial charge in [0, 0.05) is 12.3 Å². The number of rotatable bonds is 3. The molecule has 58 valence electrons. The zero-order valence-electron chi connectivity index (χ0n) is 5.86. The number of carbonyl (C=O) groups is 2. The number of hydrogen-bond donors (Lipinski definition) is 1. The standard InChI is InChI=1S/C8H8O3/c9-7(8(10)11)5-6-3-1-2-4-6/h1-4,6H,5H2,(H,10,11). The van der Waals surface area contributed by atoms with Gasteiger partial charge in [-0.05, 0) is 0 Å². The van der Waals surface area contributed by atoms with Gasteiger partial charge in [0.05, 0.1) is 0 Å². The van der Waals surface area contributed by atoms with Crippen LogP contribution in [0.15, 0.2) is 24.3 Å². The summed E-state index contributed by atoms with van der Waals surface area (Å²) in [5.74, 6) is -2.09. The Labute approximate surface area is 64.0 Å². The van der Waals surface area contributed by atoms with E-state index in [1.165, 1.54) is 0 Å². The molecular formula is C8H8O3. The summed E-state index contributed by atoms with van der Waals surface area (Å²) < 4.78 is 0. The van der Waals surface area contributed by atoms with Crippen LogP contribution < -0.4 is 0 Å². The van der Waals surface area contributed by atoms with Crippen LogP contribution in [0.25, 0.3) is 0 Å². The molecule has 0 radical (unpaired) electrons. The first-order valence-corrected chi connectivity index (χ1v) is 3.31. The van der Waals surface area contributed by atoms with Gasteiger partial charge in [0.2, 0.25) is 5.78 Å². The van der Waals surface area contributed by atoms with Crippen molar-refractivity contribution in [2.24, 2.45) is 5.92 Å². The minimum Gasteiger partial charge on any atom is -0.476 e. The number of allylic oxidation sites excluding steroid dienone is 4. The normalized spacial score (nSPS) is 15.6. The number of hydrogen-bond acceptors (Lipinski definition) is 2. The van der Waals surface area contributed by atoms with E-state index in [0.29, 0.717) is 0 Å². The molecule has 0 unspecified atom stereocenters. The summed E-state index contributed by atoms with van der Waals surface area (Å²) in [4.78, 5) is 20.7. The van der Waals surface area contributed by atoms with E-state index in [1.54, 1.807) is 24.3 Å². The number of carbonyl (C=O) groups excluding carboxylic acids is 1. The highest BCUT2D eigenvalue weighted by molar-refractivity contribution is 6.32. The molecular weight excluding hydrogens is 144 g/mol. The minimum atomic E-state index is -1.35. The molecule has 3 heteroatoms. The number of ketones is 1. The van der Waals surface area contributed by atoms with Crippen LogP contribution in [0, 0.1) is 5.92 Å². The SMILES string of the molecule is O=C(O)C(=O)CC1C=CC=C1. The third kappa shape index (κ3) is 2.04. The molecule has 11 heavy (non-hydrogen) atoms. The van der Waals surface area contributed by atoms with E-state index in [2.05, 4.69) is 0 Å². The molecule has 0 bridgehead atoms. The zero-order valence-corrected chi connectivity index (χ0v) is 5.86. The second-order valence-corrected chi connectivity index (χ2v) is 2.37. The number of carboxylic acids is 1. The lowest BCUT2D eigenvalue weighted by Crippen LogP contribution is -2.14. The van der Waals surface area contributed by atoms with E-state index in [1.807, 2.05) is 0 Å². The van der Waals surface area contributed by atoms with Gasteiger partial charge in [0.15, 0.2) is 0 Å². The average Bonchev–Trinajstić information content (AvgIpc) is 2.39. The first-order valence-electron chi connectivity index (χ1n) is 3.31. The molecule has 1 N–H and O–H groups in total. The third-order valence-electron chi connectivity index (χ3n) is 1.49. The van der Waals surface area contributed by atoms with E-state index in [0.717, 1.165) is 0 Å². The lowest BCUT2D eigenvalue weighted by Gasteiger charge is -1.98. The van der Waals surface area contributed by atoms with Crippen molar-refractivity contribution in [1.82, 2.24) is 0 Å². The fourth-order valence-electron chi connectivity index (χ4n) is 0.915. The van der Waals surface area contributed by atoms with Gasteiger partial charge in [0.1, 0.15) is 0 Å². The molecule has 0 amide bonds. The second-order valence-electron chi connectivity index (χ2n) is 2.37. The van der Waals surface area contributed by atoms with Crippen LogP contribution >= 0.6 is 0 Å². The van der Waals surface area contributed by atoms with Gasteiger partial charge in [-0.15, -0.1) is 0 Å². The Bertz CT molecular complexity index is 226. The van der Waals surface area contributed by atoms with E-state index < -0.39 is 11.8 Å². The predicted molar refractivity (Wildman–Crippen MR) is 39.0 cm³/mol. The van der Waals surface area contributed by atoms with Crippen molar-refractivity contribution >= 4 is 11.8 Å². The first-order chi connectivity index (χ1) is 5.20. The summed E-state index contributed by atoms with van der Waals surface area (Å²) in [6, 6.07) is 0. The van der Waals surface area contributed by atoms with Gasteiger partial charge < -0.3 is 5.11 Å². The zero-order chi connectivity index (χ0) is 8.27. The van der Waals surface area contributed by atoms with Crippen LogP contribution in [0.5, 0.6) is 0 Å². The van der Waals surface area contributed by atoms with E-state index in [9.17, 15) is 9.59 Å². The Kier molecular flexibility index (Phi) is 2.21. The topological polar surface area (TPSA) is 54.4 Å². The molecule has 0 fully saturated rings. The van der Waals surface area contributed by atoms with Crippen molar-refractivity contribution in [2.45, 2.75) is 6.42 Å². The molecule has 0 aromatic rings. The van der Waals surface area contributed by atoms with Crippen molar-refractivity contribution in [3.63, 3.8) is 0 Å². The molecule has 0 spiro atoms. The molecule has 1 aliphatic rings. The molecule has 0 heterocycles. The summed E-state index contributed by atoms with van der Waals surface area (Å²) in [5, 5.41) is 8.24. The van der Waals surface area contributed by atoms with Gasteiger partial charge in [-0.25, -0.2) is 4.79 Å². The maximum Gasteiger partial charge on any atom is 0.372 e. The molecule has 0 aromatic heterocycles. The quantitative estimate of drug-likeness (QED) is 0.608. The van der Waals surface area contributed by atoms with Crippen molar-refractivity contribution in [1.29, 1.82) is 0 Å². The lowest BCUT2D eigenvalue weighted by atomic mass is 10.1. The molecule has 0 saturated carbocycles. The van der Waals surface area contributed by atoms with Crippen molar-refractivity contribution in [3.8, 4) is 0 Å². The molecule has 0 aliphatic heterocycles. The highest BCUT2D eigenvalue weighted by atomic mass is 16.4. The molecule has 0 saturated heterocycles. The van der Waals surface area contributed by atoms with Crippen molar-refractivity contribution in [3.05, 3.63) is 24.3 Å². The van der Waals surface area contributed by atoms with Gasteiger partial charge in [-0.3, -0.25) is 4.79 Å². The van der Waals surface area contributed by atoms with Crippen LogP contribution in [0.4, 0.5) is 0 Å². The van der Waals surface area contributed by atoms with Crippen molar-refractivity contribution < 1.29 is 14.7 Å². The maximum absolute atomic E-state index is 10.6. The fraction of sp³-hybridized carbons (Fsp3) is 0.250. The molecule has 3 nitrogen and oxygen atoms in total. The Morgan fingerprint density at radius 3 is 2.27 bits per heavy atom. The Balaban J connectivity index is 2.43. The Morgan fingerprint density at radius 1 is 1.27 bits per heavy atom. The molecule has 1 rings (SSSR count). The maximum atomic E-state index is 10.6. The molecule has 1 aliphatic carbocycles. The largest absolute Gasteiger partial charge is 0.476 e. The number of Topliss-reactive ketones (excluding diaryl/α,β-unsaturated/α-hetero) is 1. The van der Waals surface area contributed by atoms with Gasteiger partial charge in [0.25, 0.3) is 0 Å². The Hall–Kier alpha value is -1.38. The molecule has 0 atom stereocenters. The average molecular weight is 152 g/mol. The summed E-state index contributed by atoms with van der Waals surface area (Å²) in [5.41, 5.74) is 0. The molecule has 0 aromatic carbocycles. The Morgan fingerprint density at radius 2 is 1.82 bits per heavy atom. The summed E-state index contributed by atoms with van der Waals surface area (Å²) in [6.45, 7) is 0. The van der Waals surface area contributed by atoms with Gasteiger partial charge in [-0.1, -0.05) is 24.3 Å². The van der Waals surface area contributed by atoms with Crippen LogP contribution in [0.1, 0.15) is 6.42 Å². The first kappa shape index (κ1) is 7.72. The summed E-state index contributed by atoms with van der Waals surface area (Å²) >= 11 is 0. The van der Waals surface area contributed by atoms with E-state index in [4.69, 9.17) is 5.11 Å². The van der Waals surface area contributed by atoms with Crippen LogP contribution in [0.2, 0.25) is 0 Å². The number of aliphatic carboxylic acids is 1. The third-order valence-corrected chi connectivity index (χ3v) is 1.49. The minimum absolute atomic E-state index is 0.0152. The highest BCUT2D eigenvalue weighted by Crippen LogP contribution is 2.12. The van der Waals surface area contributed by atoms with Gasteiger partial charge >= 0.3 is 5.97 Å². The summed E-state index contributed by atoms with van der Waals surface area (Å²) in [7, 11) is 0. The monoisotopic (exact) mass is 152 g/mol. The van der Waals surface area contributed by atoms with Crippen LogP contribution in [-0.4, -0.2) is 16.9 Å². The van der Waals surface area contributed by atoms with E-state index >= 15 is 0 Å². The summed E-state index contributed by atoms with van der Waals surface area (Å²) in [6.07, 6.45) is 7.30. The van der Waals surface area contributed by atoms with Crippen molar-refractivity contribution in [2.75, 3.05) is 0 Å². The number of carboxylic acid groups (broad SMARTS) is 1. The second kappa shape index (κ2) is 3.14. The van der Waals surface area contributed by atoms with Gasteiger partial charge in [-0.2, -0.15) is 0 Å². The predicted octanol–water partition coefficient (Wildman–Crippen LogP) is 0.772. The highest BCUT2D eigenvalue weighted by Gasteiger charge is 2.15.